The largest absolute Gasteiger partial charge is 0.250 e. The normalized spacial score (nSPS) is 11.0. The second-order valence-electron chi connectivity index (χ2n) is 3.04. The predicted molar refractivity (Wildman–Crippen MR) is 61.6 cm³/mol. The third-order valence-corrected chi connectivity index (χ3v) is 2.20. The Kier molecular flexibility index (Phi) is 2.73. The Hall–Kier alpha value is -1.75. The van der Waals surface area contributed by atoms with E-state index >= 15 is 0 Å². The molecular weight excluding hydrogens is 208 g/mol. The molecule has 1 heterocycles. The molecule has 5 heteroatoms. The number of rotatable bonds is 2. The number of nitrogens with one attached hydrogen (secondary N) is 1. The summed E-state index contributed by atoms with van der Waals surface area (Å²) < 4.78 is 2.09. The molecular formula is C10H10N4S. The van der Waals surface area contributed by atoms with E-state index in [0.29, 0.717) is 4.77 Å². The molecule has 0 atom stereocenters. The van der Waals surface area contributed by atoms with Crippen molar-refractivity contribution in [1.82, 2.24) is 14.9 Å². The standard InChI is InChI=1S/C10H10N4S/c1-8-12-13-10(15)14(8)11-7-9-5-3-2-4-6-9/h2-7H,1H3,(H,13,15)/b11-7-. The van der Waals surface area contributed by atoms with Crippen LogP contribution in [0, 0.1) is 11.7 Å². The zero-order valence-electron chi connectivity index (χ0n) is 8.21. The molecule has 0 unspecified atom stereocenters. The molecule has 0 aliphatic carbocycles. The highest BCUT2D eigenvalue weighted by Gasteiger charge is 1.96. The molecule has 1 N–H and O–H groups in total. The van der Waals surface area contributed by atoms with Crippen molar-refractivity contribution in [1.29, 1.82) is 0 Å². The zero-order chi connectivity index (χ0) is 10.7. The van der Waals surface area contributed by atoms with E-state index in [2.05, 4.69) is 15.3 Å². The maximum atomic E-state index is 5.02. The van der Waals surface area contributed by atoms with Gasteiger partial charge in [-0.15, -0.1) is 0 Å². The van der Waals surface area contributed by atoms with E-state index in [4.69, 9.17) is 12.2 Å². The lowest BCUT2D eigenvalue weighted by atomic mass is 10.2. The lowest BCUT2D eigenvalue weighted by Crippen LogP contribution is -1.93. The number of nitrogens with zero attached hydrogens (tertiary/aromatic N) is 3. The number of H-pyrrole nitrogens is 1. The van der Waals surface area contributed by atoms with Crippen LogP contribution in [0.2, 0.25) is 0 Å². The minimum atomic E-state index is 0.500. The number of hydrogen-bond acceptors (Lipinski definition) is 3. The Labute approximate surface area is 92.3 Å². The molecule has 0 spiro atoms. The van der Waals surface area contributed by atoms with Gasteiger partial charge in [-0.1, -0.05) is 30.3 Å². The SMILES string of the molecule is Cc1n[nH]c(=S)n1/N=C\c1ccccc1. The van der Waals surface area contributed by atoms with Crippen LogP contribution in [-0.4, -0.2) is 21.1 Å². The summed E-state index contributed by atoms with van der Waals surface area (Å²) in [5.41, 5.74) is 1.03. The summed E-state index contributed by atoms with van der Waals surface area (Å²) in [6.45, 7) is 1.84. The summed E-state index contributed by atoms with van der Waals surface area (Å²) in [5, 5.41) is 10.9. The van der Waals surface area contributed by atoms with Crippen molar-refractivity contribution in [2.75, 3.05) is 0 Å². The minimum absolute atomic E-state index is 0.500. The molecule has 0 aliphatic rings. The van der Waals surface area contributed by atoms with E-state index in [1.165, 1.54) is 0 Å². The number of aromatic amines is 1. The summed E-state index contributed by atoms with van der Waals surface area (Å²) in [5.74, 6) is 0.743. The van der Waals surface area contributed by atoms with Crippen LogP contribution in [0.4, 0.5) is 0 Å². The second-order valence-corrected chi connectivity index (χ2v) is 3.43. The predicted octanol–water partition coefficient (Wildman–Crippen LogP) is 2.13. The molecule has 76 valence electrons. The smallest absolute Gasteiger partial charge is 0.216 e. The topological polar surface area (TPSA) is 46.0 Å². The molecule has 0 saturated heterocycles. The summed E-state index contributed by atoms with van der Waals surface area (Å²) in [4.78, 5) is 0. The zero-order valence-corrected chi connectivity index (χ0v) is 9.03. The Morgan fingerprint density at radius 3 is 2.73 bits per heavy atom. The van der Waals surface area contributed by atoms with Crippen molar-refractivity contribution < 1.29 is 0 Å². The van der Waals surface area contributed by atoms with E-state index in [0.717, 1.165) is 11.4 Å². The molecule has 0 saturated carbocycles. The number of benzene rings is 1. The van der Waals surface area contributed by atoms with Gasteiger partial charge in [0.25, 0.3) is 0 Å². The van der Waals surface area contributed by atoms with Gasteiger partial charge in [0, 0.05) is 0 Å². The van der Waals surface area contributed by atoms with Crippen LogP contribution in [0.3, 0.4) is 0 Å². The maximum Gasteiger partial charge on any atom is 0.216 e. The van der Waals surface area contributed by atoms with Gasteiger partial charge in [0.1, 0.15) is 5.82 Å². The highest BCUT2D eigenvalue weighted by atomic mass is 32.1. The van der Waals surface area contributed by atoms with Gasteiger partial charge in [0.2, 0.25) is 4.77 Å². The maximum absolute atomic E-state index is 5.02. The third kappa shape index (κ3) is 2.19. The molecule has 0 radical (unpaired) electrons. The van der Waals surface area contributed by atoms with Gasteiger partial charge in [-0.2, -0.15) is 14.9 Å². The molecule has 2 aromatic rings. The lowest BCUT2D eigenvalue weighted by molar-refractivity contribution is 0.821. The number of aromatic nitrogens is 3. The Morgan fingerprint density at radius 2 is 2.13 bits per heavy atom. The average molecular weight is 218 g/mol. The van der Waals surface area contributed by atoms with Gasteiger partial charge >= 0.3 is 0 Å². The van der Waals surface area contributed by atoms with Crippen LogP contribution in [0.15, 0.2) is 35.4 Å². The fourth-order valence-electron chi connectivity index (χ4n) is 1.17. The highest BCUT2D eigenvalue weighted by Crippen LogP contribution is 1.97. The molecule has 2 rings (SSSR count). The van der Waals surface area contributed by atoms with Crippen LogP contribution < -0.4 is 0 Å². The number of aryl methyl sites for hydroxylation is 1. The van der Waals surface area contributed by atoms with E-state index < -0.39 is 0 Å². The molecule has 0 fully saturated rings. The van der Waals surface area contributed by atoms with Crippen LogP contribution in [0.1, 0.15) is 11.4 Å². The molecule has 0 bridgehead atoms. The van der Waals surface area contributed by atoms with Crippen LogP contribution in [0.5, 0.6) is 0 Å². The van der Waals surface area contributed by atoms with Crippen LogP contribution in [0.25, 0.3) is 0 Å². The molecule has 1 aromatic carbocycles. The molecule has 4 nitrogen and oxygen atoms in total. The first-order chi connectivity index (χ1) is 7.27. The third-order valence-electron chi connectivity index (χ3n) is 1.93. The first-order valence-corrected chi connectivity index (χ1v) is 4.91. The van der Waals surface area contributed by atoms with E-state index in [9.17, 15) is 0 Å². The van der Waals surface area contributed by atoms with E-state index in [1.807, 2.05) is 37.3 Å². The fourth-order valence-corrected chi connectivity index (χ4v) is 1.39. The molecule has 1 aromatic heterocycles. The monoisotopic (exact) mass is 218 g/mol. The summed E-state index contributed by atoms with van der Waals surface area (Å²) >= 11 is 5.02. The minimum Gasteiger partial charge on any atom is -0.250 e. The first-order valence-electron chi connectivity index (χ1n) is 4.51. The Balaban J connectivity index is 2.30. The van der Waals surface area contributed by atoms with Gasteiger partial charge in [-0.3, -0.25) is 5.10 Å². The second kappa shape index (κ2) is 4.18. The Bertz CT molecular complexity index is 524. The van der Waals surface area contributed by atoms with Crippen molar-refractivity contribution in [3.8, 4) is 0 Å². The Morgan fingerprint density at radius 1 is 1.40 bits per heavy atom. The lowest BCUT2D eigenvalue weighted by Gasteiger charge is -1.94. The van der Waals surface area contributed by atoms with Crippen molar-refractivity contribution in [2.45, 2.75) is 6.92 Å². The van der Waals surface area contributed by atoms with Gasteiger partial charge in [-0.05, 0) is 24.7 Å². The van der Waals surface area contributed by atoms with Crippen molar-refractivity contribution in [3.05, 3.63) is 46.5 Å². The fraction of sp³-hybridized carbons (Fsp3) is 0.100. The quantitative estimate of drug-likeness (QED) is 0.620. The van der Waals surface area contributed by atoms with Gasteiger partial charge in [0.15, 0.2) is 0 Å². The first kappa shape index (κ1) is 9.79. The molecule has 0 amide bonds. The summed E-state index contributed by atoms with van der Waals surface area (Å²) in [6, 6.07) is 9.84. The van der Waals surface area contributed by atoms with Gasteiger partial charge in [-0.25, -0.2) is 0 Å². The van der Waals surface area contributed by atoms with Crippen molar-refractivity contribution in [3.63, 3.8) is 0 Å². The van der Waals surface area contributed by atoms with Crippen LogP contribution in [-0.2, 0) is 0 Å². The van der Waals surface area contributed by atoms with Gasteiger partial charge < -0.3 is 0 Å². The number of hydrogen-bond donors (Lipinski definition) is 1. The van der Waals surface area contributed by atoms with Crippen molar-refractivity contribution >= 4 is 18.4 Å². The van der Waals surface area contributed by atoms with Crippen molar-refractivity contribution in [2.24, 2.45) is 5.10 Å². The summed E-state index contributed by atoms with van der Waals surface area (Å²) in [7, 11) is 0. The van der Waals surface area contributed by atoms with E-state index in [-0.39, 0.29) is 0 Å². The van der Waals surface area contributed by atoms with Gasteiger partial charge in [0.05, 0.1) is 6.21 Å². The van der Waals surface area contributed by atoms with Crippen LogP contribution >= 0.6 is 12.2 Å². The molecule has 15 heavy (non-hydrogen) atoms. The summed E-state index contributed by atoms with van der Waals surface area (Å²) in [6.07, 6.45) is 1.75. The highest BCUT2D eigenvalue weighted by molar-refractivity contribution is 7.71. The van der Waals surface area contributed by atoms with E-state index in [1.54, 1.807) is 10.9 Å². The average Bonchev–Trinajstić information content (AvgIpc) is 2.58. The molecule has 0 aliphatic heterocycles.